The number of hydrogen-bond acceptors (Lipinski definition) is 3. The molecule has 0 spiro atoms. The third kappa shape index (κ3) is 6.59. The molecule has 0 atom stereocenters. The molecule has 2 aromatic rings. The van der Waals surface area contributed by atoms with E-state index < -0.39 is 0 Å². The van der Waals surface area contributed by atoms with Gasteiger partial charge in [-0.1, -0.05) is 53.7 Å². The number of amides is 2. The summed E-state index contributed by atoms with van der Waals surface area (Å²) >= 11 is 0. The molecular formula is C27H38N2O3. The summed E-state index contributed by atoms with van der Waals surface area (Å²) in [5.74, 6) is 0.470. The summed E-state index contributed by atoms with van der Waals surface area (Å²) in [7, 11) is 0. The summed E-state index contributed by atoms with van der Waals surface area (Å²) in [5, 5.41) is 2.84. The molecule has 0 saturated carbocycles. The normalized spacial score (nSPS) is 11.8. The zero-order chi connectivity index (χ0) is 24.1. The summed E-state index contributed by atoms with van der Waals surface area (Å²) in [4.78, 5) is 26.7. The lowest BCUT2D eigenvalue weighted by Crippen LogP contribution is -2.30. The highest BCUT2D eigenvalue weighted by Crippen LogP contribution is 2.35. The molecule has 0 radical (unpaired) electrons. The first-order chi connectivity index (χ1) is 14.9. The Labute approximate surface area is 193 Å². The zero-order valence-corrected chi connectivity index (χ0v) is 20.8. The van der Waals surface area contributed by atoms with Gasteiger partial charge in [0.1, 0.15) is 5.75 Å². The van der Waals surface area contributed by atoms with Crippen molar-refractivity contribution in [3.8, 4) is 5.75 Å². The lowest BCUT2D eigenvalue weighted by Gasteiger charge is -2.27. The smallest absolute Gasteiger partial charge is 0.262 e. The van der Waals surface area contributed by atoms with Gasteiger partial charge in [-0.05, 0) is 66.1 Å². The minimum Gasteiger partial charge on any atom is -0.483 e. The van der Waals surface area contributed by atoms with E-state index in [1.165, 1.54) is 5.56 Å². The van der Waals surface area contributed by atoms with Crippen LogP contribution in [0, 0.1) is 0 Å². The predicted molar refractivity (Wildman–Crippen MR) is 132 cm³/mol. The van der Waals surface area contributed by atoms with Crippen LogP contribution in [0.15, 0.2) is 42.5 Å². The van der Waals surface area contributed by atoms with Crippen LogP contribution < -0.4 is 10.1 Å². The van der Waals surface area contributed by atoms with Crippen molar-refractivity contribution in [2.45, 2.75) is 66.2 Å². The lowest BCUT2D eigenvalue weighted by molar-refractivity contribution is -0.118. The molecule has 0 fully saturated rings. The van der Waals surface area contributed by atoms with Crippen LogP contribution in [0.4, 0.5) is 5.69 Å². The number of rotatable bonds is 7. The zero-order valence-electron chi connectivity index (χ0n) is 20.8. The van der Waals surface area contributed by atoms with E-state index in [9.17, 15) is 9.59 Å². The van der Waals surface area contributed by atoms with Gasteiger partial charge in [-0.3, -0.25) is 9.59 Å². The molecule has 0 aliphatic carbocycles. The van der Waals surface area contributed by atoms with Crippen molar-refractivity contribution in [1.82, 2.24) is 4.90 Å². The molecule has 0 unspecified atom stereocenters. The van der Waals surface area contributed by atoms with E-state index in [1.54, 1.807) is 29.2 Å². The molecule has 1 N–H and O–H groups in total. The second-order valence-electron chi connectivity index (χ2n) is 10.1. The van der Waals surface area contributed by atoms with E-state index in [0.29, 0.717) is 24.3 Å². The van der Waals surface area contributed by atoms with Gasteiger partial charge in [0.25, 0.3) is 11.8 Å². The summed E-state index contributed by atoms with van der Waals surface area (Å²) in [5.41, 5.74) is 3.48. The molecule has 2 aromatic carbocycles. The molecule has 0 aliphatic rings. The van der Waals surface area contributed by atoms with Gasteiger partial charge in [-0.2, -0.15) is 0 Å². The molecule has 0 saturated heterocycles. The quantitative estimate of drug-likeness (QED) is 0.596. The van der Waals surface area contributed by atoms with Crippen molar-refractivity contribution < 1.29 is 14.3 Å². The van der Waals surface area contributed by atoms with E-state index in [0.717, 1.165) is 11.3 Å². The molecule has 32 heavy (non-hydrogen) atoms. The van der Waals surface area contributed by atoms with Crippen molar-refractivity contribution in [1.29, 1.82) is 0 Å². The lowest BCUT2D eigenvalue weighted by atomic mass is 9.80. The van der Waals surface area contributed by atoms with Crippen LogP contribution in [-0.4, -0.2) is 36.4 Å². The van der Waals surface area contributed by atoms with Gasteiger partial charge in [0, 0.05) is 24.3 Å². The minimum atomic E-state index is -0.243. The van der Waals surface area contributed by atoms with Crippen molar-refractivity contribution >= 4 is 17.5 Å². The van der Waals surface area contributed by atoms with Gasteiger partial charge in [-0.25, -0.2) is 0 Å². The number of anilines is 1. The van der Waals surface area contributed by atoms with Crippen molar-refractivity contribution in [3.63, 3.8) is 0 Å². The second-order valence-corrected chi connectivity index (χ2v) is 10.1. The average molecular weight is 439 g/mol. The topological polar surface area (TPSA) is 58.6 Å². The van der Waals surface area contributed by atoms with Crippen LogP contribution in [0.1, 0.15) is 76.9 Å². The highest BCUT2D eigenvalue weighted by Gasteiger charge is 2.23. The first-order valence-electron chi connectivity index (χ1n) is 11.3. The predicted octanol–water partition coefficient (Wildman–Crippen LogP) is 5.78. The molecule has 2 rings (SSSR count). The molecule has 0 aliphatic heterocycles. The number of carbonyl (C=O) groups is 2. The Morgan fingerprint density at radius 3 is 1.97 bits per heavy atom. The number of nitrogens with one attached hydrogen (secondary N) is 1. The summed E-state index contributed by atoms with van der Waals surface area (Å²) in [6, 6.07) is 13.2. The van der Waals surface area contributed by atoms with Crippen LogP contribution in [0.25, 0.3) is 0 Å². The number of benzene rings is 2. The summed E-state index contributed by atoms with van der Waals surface area (Å²) in [6.07, 6.45) is 0. The van der Waals surface area contributed by atoms with E-state index in [1.807, 2.05) is 19.9 Å². The third-order valence-electron chi connectivity index (χ3n) is 5.48. The third-order valence-corrected chi connectivity index (χ3v) is 5.48. The fraction of sp³-hybridized carbons (Fsp3) is 0.481. The van der Waals surface area contributed by atoms with E-state index >= 15 is 0 Å². The van der Waals surface area contributed by atoms with Gasteiger partial charge in [0.15, 0.2) is 6.61 Å². The molecule has 0 aromatic heterocycles. The molecule has 5 heteroatoms. The first-order valence-corrected chi connectivity index (χ1v) is 11.3. The van der Waals surface area contributed by atoms with Gasteiger partial charge >= 0.3 is 0 Å². The minimum absolute atomic E-state index is 0.00961. The Morgan fingerprint density at radius 2 is 1.47 bits per heavy atom. The highest BCUT2D eigenvalue weighted by molar-refractivity contribution is 5.96. The number of carbonyl (C=O) groups excluding carboxylic acids is 2. The Hall–Kier alpha value is -2.82. The average Bonchev–Trinajstić information content (AvgIpc) is 2.72. The molecule has 0 heterocycles. The maximum atomic E-state index is 12.5. The Bertz CT molecular complexity index is 931. The van der Waals surface area contributed by atoms with Gasteiger partial charge in [0.2, 0.25) is 0 Å². The maximum Gasteiger partial charge on any atom is 0.262 e. The van der Waals surface area contributed by atoms with Gasteiger partial charge in [-0.15, -0.1) is 0 Å². The standard InChI is InChI=1S/C27H38N2O3/c1-9-29(10-2)25(31)19-11-14-21(15-12-19)28-24(30)18-32-23-16-13-20(26(3,4)5)17-22(23)27(6,7)8/h11-17H,9-10,18H2,1-8H3,(H,28,30). The molecular weight excluding hydrogens is 400 g/mol. The molecule has 0 bridgehead atoms. The Morgan fingerprint density at radius 1 is 0.875 bits per heavy atom. The van der Waals surface area contributed by atoms with Crippen molar-refractivity contribution in [2.24, 2.45) is 0 Å². The van der Waals surface area contributed by atoms with Crippen molar-refractivity contribution in [2.75, 3.05) is 25.0 Å². The molecule has 5 nitrogen and oxygen atoms in total. The SMILES string of the molecule is CCN(CC)C(=O)c1ccc(NC(=O)COc2ccc(C(C)(C)C)cc2C(C)(C)C)cc1. The largest absolute Gasteiger partial charge is 0.483 e. The summed E-state index contributed by atoms with van der Waals surface area (Å²) in [6.45, 7) is 18.1. The van der Waals surface area contributed by atoms with E-state index in [2.05, 4.69) is 59.0 Å². The van der Waals surface area contributed by atoms with Crippen LogP contribution in [0.3, 0.4) is 0 Å². The Balaban J connectivity index is 2.06. The summed E-state index contributed by atoms with van der Waals surface area (Å²) < 4.78 is 5.92. The molecule has 174 valence electrons. The number of hydrogen-bond donors (Lipinski definition) is 1. The highest BCUT2D eigenvalue weighted by atomic mass is 16.5. The van der Waals surface area contributed by atoms with Gasteiger partial charge in [0.05, 0.1) is 0 Å². The fourth-order valence-corrected chi connectivity index (χ4v) is 3.44. The second kappa shape index (κ2) is 10.2. The Kier molecular flexibility index (Phi) is 8.11. The van der Waals surface area contributed by atoms with Crippen molar-refractivity contribution in [3.05, 3.63) is 59.2 Å². The fourth-order valence-electron chi connectivity index (χ4n) is 3.44. The molecule has 2 amide bonds. The van der Waals surface area contributed by atoms with Crippen LogP contribution in [0.5, 0.6) is 5.75 Å². The van der Waals surface area contributed by atoms with Crippen LogP contribution in [0.2, 0.25) is 0 Å². The van der Waals surface area contributed by atoms with E-state index in [-0.39, 0.29) is 29.3 Å². The van der Waals surface area contributed by atoms with Crippen LogP contribution in [-0.2, 0) is 15.6 Å². The first kappa shape index (κ1) is 25.4. The maximum absolute atomic E-state index is 12.5. The van der Waals surface area contributed by atoms with Crippen LogP contribution >= 0.6 is 0 Å². The monoisotopic (exact) mass is 438 g/mol. The van der Waals surface area contributed by atoms with E-state index in [4.69, 9.17) is 4.74 Å². The number of nitrogens with zero attached hydrogens (tertiary/aromatic N) is 1. The van der Waals surface area contributed by atoms with Gasteiger partial charge < -0.3 is 15.0 Å². The number of ether oxygens (including phenoxy) is 1.